The van der Waals surface area contributed by atoms with E-state index in [4.69, 9.17) is 39.8 Å². The van der Waals surface area contributed by atoms with Crippen LogP contribution >= 0.6 is 35.4 Å². The highest BCUT2D eigenvalue weighted by Crippen LogP contribution is 2.32. The van der Waals surface area contributed by atoms with Gasteiger partial charge >= 0.3 is 0 Å². The lowest BCUT2D eigenvalue weighted by Gasteiger charge is -2.16. The van der Waals surface area contributed by atoms with Crippen LogP contribution in [0.4, 0.5) is 5.69 Å². The number of hydrogen-bond acceptors (Lipinski definition) is 3. The van der Waals surface area contributed by atoms with Crippen molar-refractivity contribution in [2.75, 3.05) is 5.32 Å². The molecule has 4 nitrogen and oxygen atoms in total. The van der Waals surface area contributed by atoms with Crippen molar-refractivity contribution < 1.29 is 9.21 Å². The predicted octanol–water partition coefficient (Wildman–Crippen LogP) is 6.89. The molecule has 1 atom stereocenters. The van der Waals surface area contributed by atoms with Gasteiger partial charge in [-0.25, -0.2) is 0 Å². The summed E-state index contributed by atoms with van der Waals surface area (Å²) in [7, 11) is 0. The Labute approximate surface area is 185 Å². The molecular formula is C22H20Cl2N2O2S. The quantitative estimate of drug-likeness (QED) is 0.418. The lowest BCUT2D eigenvalue weighted by Crippen LogP contribution is -2.34. The summed E-state index contributed by atoms with van der Waals surface area (Å²) in [5, 5.41) is 6.95. The number of benzene rings is 2. The fraction of sp³-hybridized carbons (Fsp3) is 0.182. The molecule has 3 aromatic rings. The SMILES string of the molecule is CCC(C)c1ccccc1NC(=S)NC(=O)c1ccc(-c2cc(Cl)ccc2Cl)o1. The molecule has 2 N–H and O–H groups in total. The molecule has 0 spiro atoms. The average Bonchev–Trinajstić information content (AvgIpc) is 3.19. The first-order chi connectivity index (χ1) is 13.9. The predicted molar refractivity (Wildman–Crippen MR) is 123 cm³/mol. The molecule has 0 saturated carbocycles. The van der Waals surface area contributed by atoms with Gasteiger partial charge in [-0.1, -0.05) is 55.2 Å². The second-order valence-electron chi connectivity index (χ2n) is 6.59. The molecule has 1 amide bonds. The number of amides is 1. The van der Waals surface area contributed by atoms with Gasteiger partial charge in [0.15, 0.2) is 10.9 Å². The van der Waals surface area contributed by atoms with E-state index in [0.717, 1.165) is 17.7 Å². The van der Waals surface area contributed by atoms with Crippen molar-refractivity contribution >= 4 is 52.1 Å². The van der Waals surface area contributed by atoms with Gasteiger partial charge in [-0.2, -0.15) is 0 Å². The minimum atomic E-state index is -0.451. The van der Waals surface area contributed by atoms with E-state index >= 15 is 0 Å². The molecule has 0 aliphatic carbocycles. The maximum Gasteiger partial charge on any atom is 0.293 e. The van der Waals surface area contributed by atoms with Crippen LogP contribution < -0.4 is 10.6 Å². The zero-order chi connectivity index (χ0) is 21.0. The number of para-hydroxylation sites is 1. The smallest absolute Gasteiger partial charge is 0.293 e. The number of carbonyl (C=O) groups excluding carboxylic acids is 1. The van der Waals surface area contributed by atoms with Crippen molar-refractivity contribution in [1.82, 2.24) is 5.32 Å². The van der Waals surface area contributed by atoms with Crippen LogP contribution in [0, 0.1) is 0 Å². The maximum absolute atomic E-state index is 12.5. The van der Waals surface area contributed by atoms with Gasteiger partial charge in [0, 0.05) is 16.3 Å². The van der Waals surface area contributed by atoms with Crippen molar-refractivity contribution in [3.63, 3.8) is 0 Å². The van der Waals surface area contributed by atoms with Gasteiger partial charge in [0.25, 0.3) is 5.91 Å². The number of rotatable bonds is 5. The van der Waals surface area contributed by atoms with E-state index in [0.29, 0.717) is 27.3 Å². The molecule has 0 aliphatic rings. The molecular weight excluding hydrogens is 427 g/mol. The topological polar surface area (TPSA) is 54.3 Å². The Bertz CT molecular complexity index is 1050. The van der Waals surface area contributed by atoms with E-state index in [2.05, 4.69) is 30.5 Å². The molecule has 0 aliphatic heterocycles. The third kappa shape index (κ3) is 5.18. The Kier molecular flexibility index (Phi) is 6.96. The molecule has 29 heavy (non-hydrogen) atoms. The van der Waals surface area contributed by atoms with Crippen LogP contribution in [-0.4, -0.2) is 11.0 Å². The highest BCUT2D eigenvalue weighted by molar-refractivity contribution is 7.80. The number of hydrogen-bond donors (Lipinski definition) is 2. The molecule has 7 heteroatoms. The normalized spacial score (nSPS) is 11.7. The summed E-state index contributed by atoms with van der Waals surface area (Å²) < 4.78 is 5.66. The fourth-order valence-electron chi connectivity index (χ4n) is 2.87. The summed E-state index contributed by atoms with van der Waals surface area (Å²) in [6.45, 7) is 4.27. The standard InChI is InChI=1S/C22H20Cl2N2O2S/c1-3-13(2)15-6-4-5-7-18(15)25-22(29)26-21(27)20-11-10-19(28-20)16-12-14(23)8-9-17(16)24/h4-13H,3H2,1-2H3,(H2,25,26,27,29). The first-order valence-electron chi connectivity index (χ1n) is 9.15. The van der Waals surface area contributed by atoms with Crippen LogP contribution in [0.2, 0.25) is 10.0 Å². The van der Waals surface area contributed by atoms with Gasteiger partial charge in [0.2, 0.25) is 0 Å². The zero-order valence-corrected chi connectivity index (χ0v) is 18.3. The van der Waals surface area contributed by atoms with Crippen LogP contribution in [0.25, 0.3) is 11.3 Å². The lowest BCUT2D eigenvalue weighted by molar-refractivity contribution is 0.0951. The average molecular weight is 447 g/mol. The van der Waals surface area contributed by atoms with E-state index in [1.165, 1.54) is 0 Å². The van der Waals surface area contributed by atoms with E-state index < -0.39 is 5.91 Å². The maximum atomic E-state index is 12.5. The third-order valence-corrected chi connectivity index (χ3v) is 5.37. The second kappa shape index (κ2) is 9.44. The zero-order valence-electron chi connectivity index (χ0n) is 16.0. The van der Waals surface area contributed by atoms with E-state index in [9.17, 15) is 4.79 Å². The third-order valence-electron chi connectivity index (χ3n) is 4.60. The van der Waals surface area contributed by atoms with Gasteiger partial charge in [0.05, 0.1) is 5.02 Å². The van der Waals surface area contributed by atoms with Gasteiger partial charge in [-0.3, -0.25) is 10.1 Å². The number of halogens is 2. The fourth-order valence-corrected chi connectivity index (χ4v) is 3.46. The van der Waals surface area contributed by atoms with Crippen LogP contribution in [0.1, 0.15) is 42.3 Å². The second-order valence-corrected chi connectivity index (χ2v) is 7.84. The first kappa shape index (κ1) is 21.4. The van der Waals surface area contributed by atoms with E-state index in [-0.39, 0.29) is 10.9 Å². The molecule has 0 saturated heterocycles. The molecule has 1 aromatic heterocycles. The van der Waals surface area contributed by atoms with Crippen molar-refractivity contribution in [3.8, 4) is 11.3 Å². The highest BCUT2D eigenvalue weighted by atomic mass is 35.5. The van der Waals surface area contributed by atoms with Crippen molar-refractivity contribution in [3.05, 3.63) is 76.0 Å². The largest absolute Gasteiger partial charge is 0.451 e. The molecule has 3 rings (SSSR count). The van der Waals surface area contributed by atoms with Crippen LogP contribution in [0.5, 0.6) is 0 Å². The summed E-state index contributed by atoms with van der Waals surface area (Å²) in [4.78, 5) is 12.5. The summed E-state index contributed by atoms with van der Waals surface area (Å²) in [6, 6.07) is 16.2. The molecule has 0 bridgehead atoms. The minimum absolute atomic E-state index is 0.121. The van der Waals surface area contributed by atoms with Crippen molar-refractivity contribution in [2.24, 2.45) is 0 Å². The van der Waals surface area contributed by atoms with Gasteiger partial charge in [-0.15, -0.1) is 0 Å². The summed E-state index contributed by atoms with van der Waals surface area (Å²) >= 11 is 17.5. The first-order valence-corrected chi connectivity index (χ1v) is 10.3. The molecule has 1 heterocycles. The number of nitrogens with one attached hydrogen (secondary N) is 2. The van der Waals surface area contributed by atoms with E-state index in [1.54, 1.807) is 30.3 Å². The Morgan fingerprint density at radius 2 is 1.90 bits per heavy atom. The molecule has 1 unspecified atom stereocenters. The van der Waals surface area contributed by atoms with Crippen LogP contribution in [0.15, 0.2) is 59.0 Å². The Hall–Kier alpha value is -2.34. The summed E-state index contributed by atoms with van der Waals surface area (Å²) in [5.74, 6) is 0.485. The number of thiocarbonyl (C=S) groups is 1. The van der Waals surface area contributed by atoms with Crippen molar-refractivity contribution in [2.45, 2.75) is 26.2 Å². The number of furan rings is 1. The molecule has 0 fully saturated rings. The number of carbonyl (C=O) groups is 1. The van der Waals surface area contributed by atoms with Gasteiger partial charge in [0.1, 0.15) is 5.76 Å². The molecule has 150 valence electrons. The van der Waals surface area contributed by atoms with Crippen molar-refractivity contribution in [1.29, 1.82) is 0 Å². The van der Waals surface area contributed by atoms with Crippen LogP contribution in [0.3, 0.4) is 0 Å². The molecule has 2 aromatic carbocycles. The summed E-state index contributed by atoms with van der Waals surface area (Å²) in [6.07, 6.45) is 0.999. The number of anilines is 1. The Morgan fingerprint density at radius 3 is 2.66 bits per heavy atom. The highest BCUT2D eigenvalue weighted by Gasteiger charge is 2.16. The Morgan fingerprint density at radius 1 is 1.14 bits per heavy atom. The van der Waals surface area contributed by atoms with E-state index in [1.807, 2.05) is 18.2 Å². The monoisotopic (exact) mass is 446 g/mol. The molecule has 0 radical (unpaired) electrons. The van der Waals surface area contributed by atoms with Crippen LogP contribution in [-0.2, 0) is 0 Å². The van der Waals surface area contributed by atoms with Gasteiger partial charge in [-0.05, 0) is 66.5 Å². The lowest BCUT2D eigenvalue weighted by atomic mass is 9.97. The Balaban J connectivity index is 1.71. The minimum Gasteiger partial charge on any atom is -0.451 e. The summed E-state index contributed by atoms with van der Waals surface area (Å²) in [5.41, 5.74) is 2.63. The van der Waals surface area contributed by atoms with Gasteiger partial charge < -0.3 is 9.73 Å².